The highest BCUT2D eigenvalue weighted by Crippen LogP contribution is 2.19. The number of nitrogens with one attached hydrogen (secondary N) is 1. The molecule has 1 aromatic carbocycles. The van der Waals surface area contributed by atoms with E-state index in [-0.39, 0.29) is 12.4 Å². The summed E-state index contributed by atoms with van der Waals surface area (Å²) in [5.74, 6) is 4.35. The molecule has 3 N–H and O–H groups in total. The van der Waals surface area contributed by atoms with Crippen molar-refractivity contribution in [1.82, 2.24) is 4.98 Å². The highest BCUT2D eigenvalue weighted by atomic mass is 19.1. The molecule has 0 spiro atoms. The zero-order valence-corrected chi connectivity index (χ0v) is 9.36. The minimum atomic E-state index is -0.621. The van der Waals surface area contributed by atoms with Crippen molar-refractivity contribution < 1.29 is 13.5 Å². The lowest BCUT2D eigenvalue weighted by molar-refractivity contribution is 0.284. The van der Waals surface area contributed by atoms with Crippen LogP contribution in [-0.4, -0.2) is 4.98 Å². The fourth-order valence-corrected chi connectivity index (χ4v) is 1.38. The van der Waals surface area contributed by atoms with Gasteiger partial charge in [-0.1, -0.05) is 6.07 Å². The molecule has 6 heteroatoms. The number of pyridine rings is 1. The molecule has 0 aliphatic heterocycles. The van der Waals surface area contributed by atoms with Crippen LogP contribution >= 0.6 is 0 Å². The highest BCUT2D eigenvalue weighted by Gasteiger charge is 2.06. The first-order valence-electron chi connectivity index (χ1n) is 5.19. The second-order valence-electron chi connectivity index (χ2n) is 3.52. The fourth-order valence-electron chi connectivity index (χ4n) is 1.38. The maximum absolute atomic E-state index is 13.3. The first-order valence-corrected chi connectivity index (χ1v) is 5.19. The summed E-state index contributed by atoms with van der Waals surface area (Å²) in [4.78, 5) is 4.08. The zero-order chi connectivity index (χ0) is 13.0. The van der Waals surface area contributed by atoms with E-state index in [0.29, 0.717) is 11.5 Å². The summed E-state index contributed by atoms with van der Waals surface area (Å²) >= 11 is 0. The molecule has 0 radical (unpaired) electrons. The summed E-state index contributed by atoms with van der Waals surface area (Å²) in [6.07, 6.45) is 0. The van der Waals surface area contributed by atoms with E-state index in [0.717, 1.165) is 18.2 Å². The minimum Gasteiger partial charge on any atom is -0.484 e. The van der Waals surface area contributed by atoms with Gasteiger partial charge in [0.15, 0.2) is 11.6 Å². The molecule has 1 aromatic heterocycles. The van der Waals surface area contributed by atoms with Gasteiger partial charge in [-0.15, -0.1) is 0 Å². The molecule has 0 bridgehead atoms. The molecule has 18 heavy (non-hydrogen) atoms. The number of benzene rings is 1. The van der Waals surface area contributed by atoms with Crippen LogP contribution in [-0.2, 0) is 6.61 Å². The van der Waals surface area contributed by atoms with E-state index in [1.54, 1.807) is 18.2 Å². The molecular formula is C12H11F2N3O. The molecule has 2 rings (SSSR count). The third-order valence-electron chi connectivity index (χ3n) is 2.22. The first kappa shape index (κ1) is 12.3. The number of hydrogen-bond acceptors (Lipinski definition) is 4. The van der Waals surface area contributed by atoms with Gasteiger partial charge in [0.05, 0.1) is 5.69 Å². The zero-order valence-electron chi connectivity index (χ0n) is 9.36. The number of hydrogen-bond donors (Lipinski definition) is 2. The molecule has 4 nitrogen and oxygen atoms in total. The first-order chi connectivity index (χ1) is 8.69. The maximum atomic E-state index is 13.3. The van der Waals surface area contributed by atoms with E-state index >= 15 is 0 Å². The number of rotatable bonds is 4. The van der Waals surface area contributed by atoms with Crippen molar-refractivity contribution in [2.75, 3.05) is 5.43 Å². The van der Waals surface area contributed by atoms with Gasteiger partial charge in [0.2, 0.25) is 0 Å². The average molecular weight is 251 g/mol. The summed E-state index contributed by atoms with van der Waals surface area (Å²) in [5.41, 5.74) is 2.94. The van der Waals surface area contributed by atoms with Crippen LogP contribution in [0.25, 0.3) is 0 Å². The lowest BCUT2D eigenvalue weighted by Crippen LogP contribution is -2.10. The summed E-state index contributed by atoms with van der Waals surface area (Å²) in [5, 5.41) is 0. The number of ether oxygens (including phenoxy) is 1. The number of nitrogens with two attached hydrogens (primary N) is 1. The van der Waals surface area contributed by atoms with Crippen molar-refractivity contribution >= 4 is 5.82 Å². The summed E-state index contributed by atoms with van der Waals surface area (Å²) in [6, 6.07) is 8.11. The number of halogens is 2. The van der Waals surface area contributed by atoms with Crippen molar-refractivity contribution in [3.05, 3.63) is 53.7 Å². The molecule has 94 valence electrons. The predicted molar refractivity (Wildman–Crippen MR) is 62.7 cm³/mol. The van der Waals surface area contributed by atoms with Crippen LogP contribution in [0.5, 0.6) is 5.75 Å². The van der Waals surface area contributed by atoms with Crippen molar-refractivity contribution in [1.29, 1.82) is 0 Å². The Labute approximate surface area is 102 Å². The maximum Gasteiger partial charge on any atom is 0.165 e. The normalized spacial score (nSPS) is 10.2. The SMILES string of the molecule is NNc1cccc(COc2cc(F)ccc2F)n1. The summed E-state index contributed by atoms with van der Waals surface area (Å²) in [6.45, 7) is 0.0237. The molecule has 0 fully saturated rings. The van der Waals surface area contributed by atoms with Gasteiger partial charge >= 0.3 is 0 Å². The minimum absolute atomic E-state index is 0.0237. The Bertz CT molecular complexity index is 549. The molecular weight excluding hydrogens is 240 g/mol. The van der Waals surface area contributed by atoms with E-state index in [4.69, 9.17) is 10.6 Å². The molecule has 0 amide bonds. The van der Waals surface area contributed by atoms with Crippen LogP contribution in [0.2, 0.25) is 0 Å². The number of nitrogens with zero attached hydrogens (tertiary/aromatic N) is 1. The summed E-state index contributed by atoms with van der Waals surface area (Å²) < 4.78 is 31.3. The van der Waals surface area contributed by atoms with Gasteiger partial charge < -0.3 is 10.2 Å². The standard InChI is InChI=1S/C12H11F2N3O/c13-8-4-5-10(14)11(6-8)18-7-9-2-1-3-12(16-9)17-15/h1-6H,7,15H2,(H,16,17). The van der Waals surface area contributed by atoms with E-state index in [2.05, 4.69) is 10.4 Å². The lowest BCUT2D eigenvalue weighted by atomic mass is 10.3. The second-order valence-corrected chi connectivity index (χ2v) is 3.52. The Balaban J connectivity index is 2.08. The van der Waals surface area contributed by atoms with Crippen molar-refractivity contribution in [2.24, 2.45) is 5.84 Å². The molecule has 1 heterocycles. The van der Waals surface area contributed by atoms with Gasteiger partial charge in [0, 0.05) is 6.07 Å². The Hall–Kier alpha value is -2.21. The van der Waals surface area contributed by atoms with Crippen molar-refractivity contribution in [3.63, 3.8) is 0 Å². The third kappa shape index (κ3) is 2.92. The largest absolute Gasteiger partial charge is 0.484 e. The van der Waals surface area contributed by atoms with E-state index < -0.39 is 11.6 Å². The second kappa shape index (κ2) is 5.42. The highest BCUT2D eigenvalue weighted by molar-refractivity contribution is 5.33. The molecule has 0 saturated carbocycles. The topological polar surface area (TPSA) is 60.2 Å². The predicted octanol–water partition coefficient (Wildman–Crippen LogP) is 2.22. The van der Waals surface area contributed by atoms with Crippen LogP contribution in [0, 0.1) is 11.6 Å². The Morgan fingerprint density at radius 3 is 2.83 bits per heavy atom. The molecule has 0 atom stereocenters. The Morgan fingerprint density at radius 1 is 1.22 bits per heavy atom. The van der Waals surface area contributed by atoms with Gasteiger partial charge in [-0.2, -0.15) is 0 Å². The fraction of sp³-hybridized carbons (Fsp3) is 0.0833. The quantitative estimate of drug-likeness (QED) is 0.646. The molecule has 0 saturated heterocycles. The van der Waals surface area contributed by atoms with Crippen LogP contribution in [0.1, 0.15) is 5.69 Å². The van der Waals surface area contributed by atoms with Gasteiger partial charge in [0.25, 0.3) is 0 Å². The van der Waals surface area contributed by atoms with Crippen LogP contribution in [0.3, 0.4) is 0 Å². The molecule has 0 unspecified atom stereocenters. The van der Waals surface area contributed by atoms with E-state index in [1.165, 1.54) is 0 Å². The molecule has 0 aliphatic carbocycles. The Morgan fingerprint density at radius 2 is 2.06 bits per heavy atom. The van der Waals surface area contributed by atoms with Crippen LogP contribution < -0.4 is 16.0 Å². The lowest BCUT2D eigenvalue weighted by Gasteiger charge is -2.07. The summed E-state index contributed by atoms with van der Waals surface area (Å²) in [7, 11) is 0. The van der Waals surface area contributed by atoms with E-state index in [1.807, 2.05) is 0 Å². The van der Waals surface area contributed by atoms with Gasteiger partial charge in [-0.25, -0.2) is 19.6 Å². The number of anilines is 1. The smallest absolute Gasteiger partial charge is 0.165 e. The van der Waals surface area contributed by atoms with E-state index in [9.17, 15) is 8.78 Å². The Kier molecular flexibility index (Phi) is 3.69. The van der Waals surface area contributed by atoms with Crippen molar-refractivity contribution in [3.8, 4) is 5.75 Å². The average Bonchev–Trinajstić information content (AvgIpc) is 2.40. The van der Waals surface area contributed by atoms with Gasteiger partial charge in [0.1, 0.15) is 18.2 Å². The number of aromatic nitrogens is 1. The monoisotopic (exact) mass is 251 g/mol. The molecule has 2 aromatic rings. The molecule has 0 aliphatic rings. The van der Waals surface area contributed by atoms with Crippen molar-refractivity contribution in [2.45, 2.75) is 6.61 Å². The number of nitrogen functional groups attached to an aromatic ring is 1. The van der Waals surface area contributed by atoms with Gasteiger partial charge in [-0.3, -0.25) is 0 Å². The van der Waals surface area contributed by atoms with Crippen LogP contribution in [0.15, 0.2) is 36.4 Å². The van der Waals surface area contributed by atoms with Gasteiger partial charge in [-0.05, 0) is 24.3 Å². The van der Waals surface area contributed by atoms with Crippen LogP contribution in [0.4, 0.5) is 14.6 Å². The number of hydrazine groups is 1. The third-order valence-corrected chi connectivity index (χ3v) is 2.22.